The monoisotopic (exact) mass is 488 g/mol. The van der Waals surface area contributed by atoms with Crippen LogP contribution in [0.2, 0.25) is 0 Å². The zero-order chi connectivity index (χ0) is 18.8. The van der Waals surface area contributed by atoms with Gasteiger partial charge in [0, 0.05) is 46.0 Å². The maximum atomic E-state index is 11.6. The van der Waals surface area contributed by atoms with Gasteiger partial charge in [0.15, 0.2) is 5.96 Å². The molecule has 27 heavy (non-hydrogen) atoms. The number of unbranched alkanes of at least 4 members (excludes halogenated alkanes) is 1. The number of carbonyl (C=O) groups excluding carboxylic acids is 1. The van der Waals surface area contributed by atoms with Gasteiger partial charge in [-0.3, -0.25) is 9.79 Å². The number of piperidine rings is 1. The Balaban J connectivity index is 0.00000364. The molecule has 0 saturated carbocycles. The fourth-order valence-electron chi connectivity index (χ4n) is 3.31. The van der Waals surface area contributed by atoms with Gasteiger partial charge in [-0.05, 0) is 37.8 Å². The fraction of sp³-hybridized carbons (Fsp3) is 0.600. The molecule has 7 heteroatoms. The lowest BCUT2D eigenvalue weighted by Gasteiger charge is -2.33. The van der Waals surface area contributed by atoms with Crippen LogP contribution in [0.15, 0.2) is 35.3 Å². The highest BCUT2D eigenvalue weighted by atomic mass is 127. The Labute approximate surface area is 180 Å². The minimum absolute atomic E-state index is 0. The van der Waals surface area contributed by atoms with E-state index >= 15 is 0 Å². The number of carbonyl (C=O) groups is 1. The zero-order valence-electron chi connectivity index (χ0n) is 16.7. The van der Waals surface area contributed by atoms with Crippen LogP contribution in [0.1, 0.15) is 25.7 Å². The lowest BCUT2D eigenvalue weighted by Crippen LogP contribution is -2.46. The largest absolute Gasteiger partial charge is 0.469 e. The molecule has 0 bridgehead atoms. The number of methoxy groups -OCH3 is 1. The van der Waals surface area contributed by atoms with E-state index in [-0.39, 0.29) is 35.9 Å². The molecule has 0 aromatic heterocycles. The molecule has 1 heterocycles. The number of guanidine groups is 1. The quantitative estimate of drug-likeness (QED) is 0.210. The average Bonchev–Trinajstić information content (AvgIpc) is 2.70. The van der Waals surface area contributed by atoms with Crippen LogP contribution in [0.4, 0.5) is 5.69 Å². The SMILES string of the molecule is CN=C(NCCCCN(C)c1ccccc1)N1CCC(C(=O)OC)CC1.I. The van der Waals surface area contributed by atoms with Crippen LogP contribution in [0.5, 0.6) is 0 Å². The lowest BCUT2D eigenvalue weighted by molar-refractivity contribution is -0.146. The van der Waals surface area contributed by atoms with E-state index in [1.165, 1.54) is 12.8 Å². The summed E-state index contributed by atoms with van der Waals surface area (Å²) in [6, 6.07) is 10.5. The second-order valence-corrected chi connectivity index (χ2v) is 6.72. The van der Waals surface area contributed by atoms with Gasteiger partial charge >= 0.3 is 5.97 Å². The second-order valence-electron chi connectivity index (χ2n) is 6.72. The second kappa shape index (κ2) is 12.8. The third-order valence-electron chi connectivity index (χ3n) is 4.94. The van der Waals surface area contributed by atoms with E-state index < -0.39 is 0 Å². The summed E-state index contributed by atoms with van der Waals surface area (Å²) in [6.45, 7) is 3.63. The molecular weight excluding hydrogens is 455 g/mol. The normalized spacial score (nSPS) is 15.1. The summed E-state index contributed by atoms with van der Waals surface area (Å²) in [7, 11) is 5.41. The summed E-state index contributed by atoms with van der Waals surface area (Å²) in [5, 5.41) is 3.45. The molecule has 1 fully saturated rings. The Morgan fingerprint density at radius 1 is 1.26 bits per heavy atom. The van der Waals surface area contributed by atoms with Crippen molar-refractivity contribution in [2.45, 2.75) is 25.7 Å². The first-order valence-electron chi connectivity index (χ1n) is 9.45. The van der Waals surface area contributed by atoms with Gasteiger partial charge in [-0.2, -0.15) is 0 Å². The zero-order valence-corrected chi connectivity index (χ0v) is 19.0. The standard InChI is InChI=1S/C20H32N4O2.HI/c1-21-20(24-15-11-17(12-16-24)19(25)26-3)22-13-7-8-14-23(2)18-9-5-4-6-10-18;/h4-6,9-10,17H,7-8,11-16H2,1-3H3,(H,21,22);1H. The van der Waals surface area contributed by atoms with Crippen molar-refractivity contribution >= 4 is 41.6 Å². The average molecular weight is 488 g/mol. The molecule has 0 aliphatic carbocycles. The number of hydrogen-bond acceptors (Lipinski definition) is 4. The Hall–Kier alpha value is -1.51. The molecule has 1 aromatic rings. The van der Waals surface area contributed by atoms with Crippen molar-refractivity contribution < 1.29 is 9.53 Å². The third-order valence-corrected chi connectivity index (χ3v) is 4.94. The van der Waals surface area contributed by atoms with Gasteiger partial charge in [0.1, 0.15) is 0 Å². The number of ether oxygens (including phenoxy) is 1. The maximum absolute atomic E-state index is 11.6. The number of nitrogens with zero attached hydrogens (tertiary/aromatic N) is 3. The van der Waals surface area contributed by atoms with Crippen LogP contribution in [-0.4, -0.2) is 64.2 Å². The highest BCUT2D eigenvalue weighted by Gasteiger charge is 2.26. The minimum atomic E-state index is -0.0878. The van der Waals surface area contributed by atoms with E-state index in [2.05, 4.69) is 51.4 Å². The number of rotatable bonds is 7. The number of para-hydroxylation sites is 1. The van der Waals surface area contributed by atoms with Gasteiger partial charge in [0.05, 0.1) is 13.0 Å². The molecule has 152 valence electrons. The number of likely N-dealkylation sites (tertiary alicyclic amines) is 1. The molecule has 1 aromatic carbocycles. The Morgan fingerprint density at radius 2 is 1.93 bits per heavy atom. The molecule has 1 saturated heterocycles. The third kappa shape index (κ3) is 7.56. The van der Waals surface area contributed by atoms with Crippen molar-refractivity contribution in [1.29, 1.82) is 0 Å². The van der Waals surface area contributed by atoms with E-state index in [1.54, 1.807) is 0 Å². The van der Waals surface area contributed by atoms with Crippen molar-refractivity contribution in [3.05, 3.63) is 30.3 Å². The number of halogens is 1. The number of aliphatic imine (C=N–C) groups is 1. The number of anilines is 1. The molecule has 1 aliphatic heterocycles. The van der Waals surface area contributed by atoms with Gasteiger partial charge < -0.3 is 19.9 Å². The molecule has 6 nitrogen and oxygen atoms in total. The van der Waals surface area contributed by atoms with Crippen molar-refractivity contribution in [3.8, 4) is 0 Å². The number of hydrogen-bond donors (Lipinski definition) is 1. The smallest absolute Gasteiger partial charge is 0.308 e. The van der Waals surface area contributed by atoms with Crippen molar-refractivity contribution in [2.75, 3.05) is 52.3 Å². The Kier molecular flexibility index (Phi) is 11.2. The van der Waals surface area contributed by atoms with Crippen LogP contribution in [0, 0.1) is 5.92 Å². The Morgan fingerprint density at radius 3 is 2.52 bits per heavy atom. The molecule has 0 spiro atoms. The van der Waals surface area contributed by atoms with E-state index in [9.17, 15) is 4.79 Å². The van der Waals surface area contributed by atoms with Crippen LogP contribution >= 0.6 is 24.0 Å². The first kappa shape index (κ1) is 23.5. The van der Waals surface area contributed by atoms with E-state index in [0.717, 1.165) is 57.8 Å². The lowest BCUT2D eigenvalue weighted by atomic mass is 9.97. The van der Waals surface area contributed by atoms with Gasteiger partial charge in [-0.1, -0.05) is 18.2 Å². The van der Waals surface area contributed by atoms with E-state index in [4.69, 9.17) is 4.74 Å². The molecule has 2 rings (SSSR count). The fourth-order valence-corrected chi connectivity index (χ4v) is 3.31. The summed E-state index contributed by atoms with van der Waals surface area (Å²) in [6.07, 6.45) is 3.87. The summed E-state index contributed by atoms with van der Waals surface area (Å²) >= 11 is 0. The Bertz CT molecular complexity index is 575. The van der Waals surface area contributed by atoms with E-state index in [1.807, 2.05) is 13.1 Å². The highest BCUT2D eigenvalue weighted by Crippen LogP contribution is 2.18. The summed E-state index contributed by atoms with van der Waals surface area (Å²) in [5.41, 5.74) is 1.25. The summed E-state index contributed by atoms with van der Waals surface area (Å²) < 4.78 is 4.85. The van der Waals surface area contributed by atoms with E-state index in [0.29, 0.717) is 0 Å². The maximum Gasteiger partial charge on any atom is 0.308 e. The molecule has 0 radical (unpaired) electrons. The molecule has 0 unspecified atom stereocenters. The first-order chi connectivity index (χ1) is 12.7. The first-order valence-corrected chi connectivity index (χ1v) is 9.45. The minimum Gasteiger partial charge on any atom is -0.469 e. The predicted molar refractivity (Wildman–Crippen MR) is 122 cm³/mol. The van der Waals surface area contributed by atoms with Gasteiger partial charge in [-0.15, -0.1) is 24.0 Å². The predicted octanol–water partition coefficient (Wildman–Crippen LogP) is 2.98. The number of benzene rings is 1. The highest BCUT2D eigenvalue weighted by molar-refractivity contribution is 14.0. The summed E-state index contributed by atoms with van der Waals surface area (Å²) in [5.74, 6) is 0.878. The molecule has 1 aliphatic rings. The molecule has 0 atom stereocenters. The van der Waals surface area contributed by atoms with Crippen molar-refractivity contribution in [3.63, 3.8) is 0 Å². The van der Waals surface area contributed by atoms with Crippen LogP contribution in [0.25, 0.3) is 0 Å². The van der Waals surface area contributed by atoms with Gasteiger partial charge in [-0.25, -0.2) is 0 Å². The molecular formula is C20H33IN4O2. The van der Waals surface area contributed by atoms with Gasteiger partial charge in [0.25, 0.3) is 0 Å². The van der Waals surface area contributed by atoms with Crippen molar-refractivity contribution in [2.24, 2.45) is 10.9 Å². The summed E-state index contributed by atoms with van der Waals surface area (Å²) in [4.78, 5) is 20.5. The van der Waals surface area contributed by atoms with Crippen LogP contribution in [-0.2, 0) is 9.53 Å². The van der Waals surface area contributed by atoms with Crippen LogP contribution < -0.4 is 10.2 Å². The topological polar surface area (TPSA) is 57.2 Å². The van der Waals surface area contributed by atoms with Crippen molar-refractivity contribution in [1.82, 2.24) is 10.2 Å². The molecule has 1 N–H and O–H groups in total. The molecule has 0 amide bonds. The van der Waals surface area contributed by atoms with Gasteiger partial charge in [0.2, 0.25) is 0 Å². The number of nitrogens with one attached hydrogen (secondary N) is 1. The number of esters is 1. The van der Waals surface area contributed by atoms with Crippen LogP contribution in [0.3, 0.4) is 0 Å².